The molecule has 0 spiro atoms. The van der Waals surface area contributed by atoms with E-state index in [1.807, 2.05) is 26.1 Å². The van der Waals surface area contributed by atoms with Crippen LogP contribution in [0.1, 0.15) is 5.56 Å². The summed E-state index contributed by atoms with van der Waals surface area (Å²) in [5.41, 5.74) is 7.74. The third-order valence-electron chi connectivity index (χ3n) is 2.11. The van der Waals surface area contributed by atoms with Crippen LogP contribution in [0.15, 0.2) is 18.2 Å². The zero-order chi connectivity index (χ0) is 9.84. The first-order chi connectivity index (χ1) is 6.16. The van der Waals surface area contributed by atoms with E-state index in [9.17, 15) is 0 Å². The molecule has 0 amide bonds. The lowest BCUT2D eigenvalue weighted by atomic mass is 10.2. The van der Waals surface area contributed by atoms with E-state index >= 15 is 0 Å². The van der Waals surface area contributed by atoms with Gasteiger partial charge in [0, 0.05) is 30.8 Å². The maximum absolute atomic E-state index is 6.00. The largest absolute Gasteiger partial charge is 0.373 e. The summed E-state index contributed by atoms with van der Waals surface area (Å²) in [6.45, 7) is 3.52. The van der Waals surface area contributed by atoms with Crippen molar-refractivity contribution >= 4 is 17.3 Å². The molecule has 0 aliphatic carbocycles. The third kappa shape index (κ3) is 2.36. The molecule has 1 rings (SSSR count). The highest BCUT2D eigenvalue weighted by Crippen LogP contribution is 2.25. The van der Waals surface area contributed by atoms with Gasteiger partial charge in [-0.1, -0.05) is 17.7 Å². The lowest BCUT2D eigenvalue weighted by Crippen LogP contribution is -2.25. The van der Waals surface area contributed by atoms with Crippen LogP contribution < -0.4 is 10.6 Å². The average molecular weight is 199 g/mol. The Morgan fingerprint density at radius 1 is 1.46 bits per heavy atom. The smallest absolute Gasteiger partial charge is 0.0455 e. The quantitative estimate of drug-likeness (QED) is 0.806. The van der Waals surface area contributed by atoms with Crippen molar-refractivity contribution in [2.45, 2.75) is 6.92 Å². The summed E-state index contributed by atoms with van der Waals surface area (Å²) < 4.78 is 0. The molecule has 13 heavy (non-hydrogen) atoms. The van der Waals surface area contributed by atoms with E-state index in [0.717, 1.165) is 22.8 Å². The summed E-state index contributed by atoms with van der Waals surface area (Å²) in [5.74, 6) is 0. The molecule has 0 saturated heterocycles. The number of anilines is 1. The van der Waals surface area contributed by atoms with Crippen molar-refractivity contribution < 1.29 is 0 Å². The first kappa shape index (κ1) is 10.4. The molecule has 3 heteroatoms. The van der Waals surface area contributed by atoms with Gasteiger partial charge in [-0.05, 0) is 24.6 Å². The fraction of sp³-hybridized carbons (Fsp3) is 0.400. The van der Waals surface area contributed by atoms with Crippen molar-refractivity contribution in [2.24, 2.45) is 5.73 Å². The maximum Gasteiger partial charge on any atom is 0.0455 e. The predicted octanol–water partition coefficient (Wildman–Crippen LogP) is 2.04. The molecule has 0 saturated carbocycles. The lowest BCUT2D eigenvalue weighted by molar-refractivity contribution is 0.882. The van der Waals surface area contributed by atoms with Gasteiger partial charge < -0.3 is 10.6 Å². The van der Waals surface area contributed by atoms with E-state index in [0.29, 0.717) is 6.54 Å². The Balaban J connectivity index is 2.93. The minimum atomic E-state index is 0.655. The van der Waals surface area contributed by atoms with E-state index in [4.69, 9.17) is 17.3 Å². The summed E-state index contributed by atoms with van der Waals surface area (Å²) in [4.78, 5) is 2.11. The number of rotatable bonds is 3. The van der Waals surface area contributed by atoms with E-state index in [2.05, 4.69) is 11.0 Å². The van der Waals surface area contributed by atoms with Gasteiger partial charge in [-0.2, -0.15) is 0 Å². The van der Waals surface area contributed by atoms with Gasteiger partial charge in [0.25, 0.3) is 0 Å². The Morgan fingerprint density at radius 3 is 2.77 bits per heavy atom. The fourth-order valence-corrected chi connectivity index (χ4v) is 1.49. The van der Waals surface area contributed by atoms with E-state index < -0.39 is 0 Å². The maximum atomic E-state index is 6.00. The van der Waals surface area contributed by atoms with E-state index in [1.165, 1.54) is 0 Å². The molecule has 0 aliphatic rings. The summed E-state index contributed by atoms with van der Waals surface area (Å²) in [5, 5.41) is 0.807. The van der Waals surface area contributed by atoms with Gasteiger partial charge in [0.2, 0.25) is 0 Å². The van der Waals surface area contributed by atoms with Crippen LogP contribution in [0, 0.1) is 6.92 Å². The molecule has 0 fully saturated rings. The van der Waals surface area contributed by atoms with Crippen molar-refractivity contribution in [2.75, 3.05) is 25.0 Å². The van der Waals surface area contributed by atoms with Crippen LogP contribution in [0.2, 0.25) is 5.02 Å². The number of hydrogen-bond donors (Lipinski definition) is 1. The Labute approximate surface area is 84.3 Å². The zero-order valence-electron chi connectivity index (χ0n) is 8.05. The SMILES string of the molecule is Cc1c(Cl)cccc1N(C)CCN. The third-order valence-corrected chi connectivity index (χ3v) is 2.52. The molecule has 1 aromatic carbocycles. The van der Waals surface area contributed by atoms with Crippen LogP contribution >= 0.6 is 11.6 Å². The molecule has 0 unspecified atom stereocenters. The standard InChI is InChI=1S/C10H15ClN2/c1-8-9(11)4-3-5-10(8)13(2)7-6-12/h3-5H,6-7,12H2,1-2H3. The van der Waals surface area contributed by atoms with Crippen LogP contribution in [0.4, 0.5) is 5.69 Å². The van der Waals surface area contributed by atoms with Gasteiger partial charge in [-0.25, -0.2) is 0 Å². The van der Waals surface area contributed by atoms with Crippen molar-refractivity contribution in [1.82, 2.24) is 0 Å². The van der Waals surface area contributed by atoms with Crippen LogP contribution in [0.25, 0.3) is 0 Å². The summed E-state index contributed by atoms with van der Waals surface area (Å²) in [6, 6.07) is 5.91. The van der Waals surface area contributed by atoms with Crippen LogP contribution in [0.3, 0.4) is 0 Å². The number of halogens is 1. The number of hydrogen-bond acceptors (Lipinski definition) is 2. The van der Waals surface area contributed by atoms with Crippen LogP contribution in [-0.2, 0) is 0 Å². The number of benzene rings is 1. The van der Waals surface area contributed by atoms with Crippen LogP contribution in [0.5, 0.6) is 0 Å². The van der Waals surface area contributed by atoms with Crippen LogP contribution in [-0.4, -0.2) is 20.1 Å². The summed E-state index contributed by atoms with van der Waals surface area (Å²) in [6.07, 6.45) is 0. The van der Waals surface area contributed by atoms with Gasteiger partial charge in [0.1, 0.15) is 0 Å². The molecule has 0 aromatic heterocycles. The number of nitrogens with zero attached hydrogens (tertiary/aromatic N) is 1. The first-order valence-electron chi connectivity index (χ1n) is 4.33. The van der Waals surface area contributed by atoms with Crippen molar-refractivity contribution in [3.8, 4) is 0 Å². The predicted molar refractivity (Wildman–Crippen MR) is 58.5 cm³/mol. The van der Waals surface area contributed by atoms with E-state index in [1.54, 1.807) is 0 Å². The molecular weight excluding hydrogens is 184 g/mol. The fourth-order valence-electron chi connectivity index (χ4n) is 1.32. The highest BCUT2D eigenvalue weighted by Gasteiger charge is 2.05. The molecule has 72 valence electrons. The second kappa shape index (κ2) is 4.49. The Hall–Kier alpha value is -0.730. The molecule has 1 aromatic rings. The van der Waals surface area contributed by atoms with Gasteiger partial charge in [-0.3, -0.25) is 0 Å². The first-order valence-corrected chi connectivity index (χ1v) is 4.71. The Bertz CT molecular complexity index is 286. The van der Waals surface area contributed by atoms with Gasteiger partial charge >= 0.3 is 0 Å². The van der Waals surface area contributed by atoms with Gasteiger partial charge in [0.05, 0.1) is 0 Å². The number of likely N-dealkylation sites (N-methyl/N-ethyl adjacent to an activating group) is 1. The van der Waals surface area contributed by atoms with E-state index in [-0.39, 0.29) is 0 Å². The summed E-state index contributed by atoms with van der Waals surface area (Å²) in [7, 11) is 2.02. The molecule has 2 nitrogen and oxygen atoms in total. The highest BCUT2D eigenvalue weighted by molar-refractivity contribution is 6.31. The zero-order valence-corrected chi connectivity index (χ0v) is 8.80. The average Bonchev–Trinajstić information content (AvgIpc) is 2.10. The Morgan fingerprint density at radius 2 is 2.15 bits per heavy atom. The molecule has 0 bridgehead atoms. The van der Waals surface area contributed by atoms with Crippen molar-refractivity contribution in [1.29, 1.82) is 0 Å². The minimum Gasteiger partial charge on any atom is -0.373 e. The normalized spacial score (nSPS) is 10.2. The number of nitrogens with two attached hydrogens (primary N) is 1. The lowest BCUT2D eigenvalue weighted by Gasteiger charge is -2.20. The highest BCUT2D eigenvalue weighted by atomic mass is 35.5. The van der Waals surface area contributed by atoms with Crippen molar-refractivity contribution in [3.63, 3.8) is 0 Å². The second-order valence-corrected chi connectivity index (χ2v) is 3.50. The minimum absolute atomic E-state index is 0.655. The molecule has 0 radical (unpaired) electrons. The van der Waals surface area contributed by atoms with Gasteiger partial charge in [-0.15, -0.1) is 0 Å². The molecule has 0 heterocycles. The second-order valence-electron chi connectivity index (χ2n) is 3.09. The molecule has 2 N–H and O–H groups in total. The molecule has 0 aliphatic heterocycles. The monoisotopic (exact) mass is 198 g/mol. The Kier molecular flexibility index (Phi) is 3.58. The van der Waals surface area contributed by atoms with Crippen molar-refractivity contribution in [3.05, 3.63) is 28.8 Å². The summed E-state index contributed by atoms with van der Waals surface area (Å²) >= 11 is 6.00. The van der Waals surface area contributed by atoms with Gasteiger partial charge in [0.15, 0.2) is 0 Å². The topological polar surface area (TPSA) is 29.3 Å². The molecule has 0 atom stereocenters. The molecular formula is C10H15ClN2.